The second-order valence-corrected chi connectivity index (χ2v) is 16.4. The molecule has 2 saturated heterocycles. The summed E-state index contributed by atoms with van der Waals surface area (Å²) in [5, 5.41) is 12.2. The minimum absolute atomic E-state index is 0.0414. The van der Waals surface area contributed by atoms with Crippen LogP contribution in [0.25, 0.3) is 0 Å². The zero-order chi connectivity index (χ0) is 41.3. The Bertz CT molecular complexity index is 2620. The van der Waals surface area contributed by atoms with Crippen molar-refractivity contribution in [3.63, 3.8) is 0 Å². The maximum Gasteiger partial charge on any atom is 0.260 e. The van der Waals surface area contributed by atoms with Crippen molar-refractivity contribution >= 4 is 75.6 Å². The highest BCUT2D eigenvalue weighted by Crippen LogP contribution is 2.65. The highest BCUT2D eigenvalue weighted by molar-refractivity contribution is 6.36. The van der Waals surface area contributed by atoms with Crippen LogP contribution in [-0.2, 0) is 24.6 Å². The van der Waals surface area contributed by atoms with E-state index in [0.29, 0.717) is 44.3 Å². The zero-order valence-electron chi connectivity index (χ0n) is 31.3. The van der Waals surface area contributed by atoms with Crippen LogP contribution in [0.2, 0.25) is 15.1 Å². The van der Waals surface area contributed by atoms with Crippen molar-refractivity contribution in [3.05, 3.63) is 164 Å². The Hall–Kier alpha value is -5.94. The molecule has 2 heterocycles. The Kier molecular flexibility index (Phi) is 9.62. The summed E-state index contributed by atoms with van der Waals surface area (Å²) in [7, 11) is 1.52. The molecular formula is C46H34Cl3N3O7. The number of nitrogens with zero attached hydrogens (tertiary/aromatic N) is 2. The number of phenols is 1. The van der Waals surface area contributed by atoms with E-state index in [9.17, 15) is 19.5 Å². The number of anilines is 2. The maximum absolute atomic E-state index is 15.5. The molecule has 9 rings (SSSR count). The van der Waals surface area contributed by atoms with Gasteiger partial charge in [-0.3, -0.25) is 34.3 Å². The van der Waals surface area contributed by atoms with Gasteiger partial charge in [-0.15, -0.1) is 0 Å². The van der Waals surface area contributed by atoms with E-state index in [1.54, 1.807) is 91.0 Å². The largest absolute Gasteiger partial charge is 0.508 e. The van der Waals surface area contributed by atoms with E-state index in [1.807, 2.05) is 12.1 Å². The number of ether oxygens (including phenoxy) is 1. The first kappa shape index (κ1) is 38.6. The molecule has 10 nitrogen and oxygen atoms in total. The third-order valence-corrected chi connectivity index (χ3v) is 13.2. The van der Waals surface area contributed by atoms with Crippen molar-refractivity contribution in [1.29, 1.82) is 0 Å². The number of aromatic hydroxyl groups is 1. The molecule has 1 saturated carbocycles. The number of nitrogens with one attached hydrogen (secondary N) is 1. The first-order valence-corrected chi connectivity index (χ1v) is 20.1. The lowest BCUT2D eigenvalue weighted by atomic mass is 9.49. The van der Waals surface area contributed by atoms with E-state index in [0.717, 1.165) is 5.01 Å². The summed E-state index contributed by atoms with van der Waals surface area (Å²) >= 11 is 19.7. The number of fused-ring (bicyclic) bond motifs is 4. The van der Waals surface area contributed by atoms with Gasteiger partial charge in [0.2, 0.25) is 11.8 Å². The van der Waals surface area contributed by atoms with Crippen molar-refractivity contribution in [3.8, 4) is 11.5 Å². The van der Waals surface area contributed by atoms with E-state index in [4.69, 9.17) is 39.5 Å². The predicted octanol–water partition coefficient (Wildman–Crippen LogP) is 8.78. The molecule has 296 valence electrons. The summed E-state index contributed by atoms with van der Waals surface area (Å²) in [5.41, 5.74) is 4.49. The summed E-state index contributed by atoms with van der Waals surface area (Å²) in [5.74, 6) is -6.05. The maximum atomic E-state index is 15.5. The van der Waals surface area contributed by atoms with E-state index >= 15 is 9.59 Å². The number of allylic oxidation sites excluding steroid dienone is 2. The van der Waals surface area contributed by atoms with Crippen molar-refractivity contribution < 1.29 is 33.8 Å². The number of carbonyl (C=O) groups excluding carboxylic acids is 5. The average Bonchev–Trinajstić information content (AvgIpc) is 3.62. The Morgan fingerprint density at radius 1 is 0.780 bits per heavy atom. The molecule has 4 aliphatic rings. The third-order valence-electron chi connectivity index (χ3n) is 12.3. The molecule has 0 bridgehead atoms. The standard InChI is InChI=1S/C46H34Cl3N3O7/c1-59-30-15-9-26(10-16-30)46-35(43(56)52(45(46)58)50-38-20-11-27(47)21-37(38)49)23-34-31(40(46)32-17-14-29(53)22-36(32)48)18-19-33-39(34)44(57)51(42(33)55)28-12-7-25(8-13-28)41(54)24-5-3-2-4-6-24/h2-18,20-22,33-35,39-40,50,53H,19,23H2,1H3. The van der Waals surface area contributed by atoms with Gasteiger partial charge in [-0.25, -0.2) is 0 Å². The number of rotatable bonds is 8. The summed E-state index contributed by atoms with van der Waals surface area (Å²) in [6.45, 7) is 0. The van der Waals surface area contributed by atoms with Crippen LogP contribution in [0, 0.1) is 23.7 Å². The number of benzene rings is 5. The average molecular weight is 847 g/mol. The van der Waals surface area contributed by atoms with Gasteiger partial charge in [0.15, 0.2) is 5.78 Å². The van der Waals surface area contributed by atoms with Crippen molar-refractivity contribution in [1.82, 2.24) is 5.01 Å². The van der Waals surface area contributed by atoms with Crippen molar-refractivity contribution in [2.75, 3.05) is 17.4 Å². The van der Waals surface area contributed by atoms with E-state index in [2.05, 4.69) is 5.43 Å². The van der Waals surface area contributed by atoms with Gasteiger partial charge >= 0.3 is 0 Å². The van der Waals surface area contributed by atoms with Gasteiger partial charge < -0.3 is 9.84 Å². The molecule has 4 amide bonds. The minimum atomic E-state index is -1.63. The van der Waals surface area contributed by atoms with E-state index < -0.39 is 58.6 Å². The summed E-state index contributed by atoms with van der Waals surface area (Å²) in [6.07, 6.45) is 2.14. The van der Waals surface area contributed by atoms with Crippen molar-refractivity contribution in [2.45, 2.75) is 24.2 Å². The van der Waals surface area contributed by atoms with Crippen LogP contribution < -0.4 is 15.1 Å². The van der Waals surface area contributed by atoms with Crippen LogP contribution in [0.3, 0.4) is 0 Å². The molecule has 0 spiro atoms. The highest BCUT2D eigenvalue weighted by atomic mass is 35.5. The molecule has 2 aliphatic heterocycles. The fraction of sp³-hybridized carbons (Fsp3) is 0.196. The molecule has 6 unspecified atom stereocenters. The Labute approximate surface area is 353 Å². The van der Waals surface area contributed by atoms with E-state index in [-0.39, 0.29) is 40.1 Å². The number of hydrogen-bond acceptors (Lipinski definition) is 8. The number of imide groups is 2. The van der Waals surface area contributed by atoms with Gasteiger partial charge in [0, 0.05) is 27.1 Å². The van der Waals surface area contributed by atoms with Crippen LogP contribution in [0.4, 0.5) is 11.4 Å². The van der Waals surface area contributed by atoms with Gasteiger partial charge in [0.1, 0.15) is 11.5 Å². The summed E-state index contributed by atoms with van der Waals surface area (Å²) < 4.78 is 5.47. The lowest BCUT2D eigenvalue weighted by Crippen LogP contribution is -2.53. The lowest BCUT2D eigenvalue weighted by Gasteiger charge is -2.50. The molecule has 2 aliphatic carbocycles. The zero-order valence-corrected chi connectivity index (χ0v) is 33.5. The first-order chi connectivity index (χ1) is 28.4. The second-order valence-electron chi connectivity index (χ2n) is 15.2. The minimum Gasteiger partial charge on any atom is -0.508 e. The topological polar surface area (TPSA) is 133 Å². The predicted molar refractivity (Wildman–Crippen MR) is 223 cm³/mol. The number of carbonyl (C=O) groups is 5. The van der Waals surface area contributed by atoms with Crippen LogP contribution in [-0.4, -0.2) is 46.6 Å². The fourth-order valence-electron chi connectivity index (χ4n) is 9.71. The van der Waals surface area contributed by atoms with Gasteiger partial charge in [-0.05, 0) is 96.6 Å². The molecule has 6 atom stereocenters. The van der Waals surface area contributed by atoms with Crippen LogP contribution >= 0.6 is 34.8 Å². The van der Waals surface area contributed by atoms with Gasteiger partial charge in [0.05, 0.1) is 46.7 Å². The van der Waals surface area contributed by atoms with Crippen LogP contribution in [0.15, 0.2) is 127 Å². The quantitative estimate of drug-likeness (QED) is 0.0900. The molecule has 2 N–H and O–H groups in total. The monoisotopic (exact) mass is 845 g/mol. The Morgan fingerprint density at radius 2 is 1.49 bits per heavy atom. The number of ketones is 1. The molecule has 5 aromatic rings. The van der Waals surface area contributed by atoms with Gasteiger partial charge in [0.25, 0.3) is 11.8 Å². The smallest absolute Gasteiger partial charge is 0.260 e. The fourth-order valence-corrected chi connectivity index (χ4v) is 10.4. The molecular weight excluding hydrogens is 813 g/mol. The summed E-state index contributed by atoms with van der Waals surface area (Å²) in [6, 6.07) is 31.2. The number of methoxy groups -OCH3 is 1. The van der Waals surface area contributed by atoms with Crippen LogP contribution in [0.5, 0.6) is 11.5 Å². The first-order valence-electron chi connectivity index (χ1n) is 18.9. The third kappa shape index (κ3) is 6.03. The number of amides is 4. The Morgan fingerprint density at radius 3 is 2.17 bits per heavy atom. The molecule has 3 fully saturated rings. The number of phenolic OH excluding ortho intramolecular Hbond substituents is 1. The Balaban J connectivity index is 1.17. The number of hydrazine groups is 1. The number of halogens is 3. The normalized spacial score (nSPS) is 24.7. The molecule has 59 heavy (non-hydrogen) atoms. The highest BCUT2D eigenvalue weighted by Gasteiger charge is 2.70. The SMILES string of the molecule is COc1ccc(C23C(=O)N(Nc4ccc(Cl)cc4Cl)C(=O)C2CC2C(=CCC4C(=O)N(c5ccc(C(=O)c6ccccc6)cc5)C(=O)C42)C3c2ccc(O)cc2Cl)cc1. The van der Waals surface area contributed by atoms with Crippen molar-refractivity contribution in [2.24, 2.45) is 23.7 Å². The van der Waals surface area contributed by atoms with E-state index in [1.165, 1.54) is 30.2 Å². The number of hydrogen-bond donors (Lipinski definition) is 2. The second kappa shape index (κ2) is 14.7. The van der Waals surface area contributed by atoms with Gasteiger partial charge in [-0.1, -0.05) is 95.0 Å². The molecule has 13 heteroatoms. The van der Waals surface area contributed by atoms with Crippen LogP contribution in [0.1, 0.15) is 45.8 Å². The molecule has 5 aromatic carbocycles. The lowest BCUT2D eigenvalue weighted by molar-refractivity contribution is -0.138. The molecule has 0 aromatic heterocycles. The summed E-state index contributed by atoms with van der Waals surface area (Å²) in [4.78, 5) is 73.9. The van der Waals surface area contributed by atoms with Gasteiger partial charge in [-0.2, -0.15) is 5.01 Å². The molecule has 0 radical (unpaired) electrons.